The summed E-state index contributed by atoms with van der Waals surface area (Å²) in [5, 5.41) is 0. The quantitative estimate of drug-likeness (QED) is 0.553. The smallest absolute Gasteiger partial charge is 0.413 e. The first-order chi connectivity index (χ1) is 13.6. The molecule has 146 valence electrons. The molecule has 0 N–H and O–H groups in total. The molecular formula is C23H25NO4. The van der Waals surface area contributed by atoms with Gasteiger partial charge in [-0.1, -0.05) is 55.0 Å². The molecule has 0 aliphatic heterocycles. The number of carbonyl (C=O) groups is 2. The van der Waals surface area contributed by atoms with Crippen molar-refractivity contribution >= 4 is 12.1 Å². The van der Waals surface area contributed by atoms with Crippen molar-refractivity contribution in [1.82, 2.24) is 4.90 Å². The van der Waals surface area contributed by atoms with E-state index in [1.807, 2.05) is 36.4 Å². The molecule has 2 aromatic carbocycles. The lowest BCUT2D eigenvalue weighted by molar-refractivity contribution is -0.189. The van der Waals surface area contributed by atoms with Crippen molar-refractivity contribution in [3.05, 3.63) is 59.7 Å². The molecule has 0 radical (unpaired) electrons. The first kappa shape index (κ1) is 18.5. The van der Waals surface area contributed by atoms with E-state index in [0.717, 1.165) is 41.5 Å². The molecule has 0 saturated heterocycles. The standard InChI is InChI=1S/C23H25NO4/c1-16(25)28-23(14-8-3-9-15-23)24(22(26)27-2)21-19-12-6-4-10-17(19)18-11-5-7-13-20(18)21/h4-7,10-13,21H,3,8-9,14-15H2,1-2H3. The summed E-state index contributed by atoms with van der Waals surface area (Å²) in [6, 6.07) is 15.8. The zero-order valence-corrected chi connectivity index (χ0v) is 16.3. The average molecular weight is 379 g/mol. The number of ether oxygens (including phenoxy) is 2. The third kappa shape index (κ3) is 2.95. The van der Waals surface area contributed by atoms with Crippen LogP contribution in [0.4, 0.5) is 4.79 Å². The zero-order valence-electron chi connectivity index (χ0n) is 16.3. The first-order valence-electron chi connectivity index (χ1n) is 9.82. The van der Waals surface area contributed by atoms with Gasteiger partial charge in [0, 0.05) is 19.8 Å². The predicted octanol–water partition coefficient (Wildman–Crippen LogP) is 5.05. The molecule has 4 rings (SSSR count). The number of hydrogen-bond donors (Lipinski definition) is 0. The van der Waals surface area contributed by atoms with Crippen LogP contribution in [0.1, 0.15) is 56.2 Å². The number of methoxy groups -OCH3 is 1. The topological polar surface area (TPSA) is 55.8 Å². The van der Waals surface area contributed by atoms with Gasteiger partial charge in [-0.05, 0) is 35.1 Å². The van der Waals surface area contributed by atoms with E-state index in [4.69, 9.17) is 9.47 Å². The van der Waals surface area contributed by atoms with Gasteiger partial charge in [-0.15, -0.1) is 0 Å². The summed E-state index contributed by atoms with van der Waals surface area (Å²) < 4.78 is 11.1. The summed E-state index contributed by atoms with van der Waals surface area (Å²) in [4.78, 5) is 26.8. The van der Waals surface area contributed by atoms with E-state index in [0.29, 0.717) is 12.8 Å². The van der Waals surface area contributed by atoms with Crippen LogP contribution < -0.4 is 0 Å². The second-order valence-corrected chi connectivity index (χ2v) is 7.52. The monoisotopic (exact) mass is 379 g/mol. The Morgan fingerprint density at radius 3 is 1.96 bits per heavy atom. The van der Waals surface area contributed by atoms with Crippen molar-refractivity contribution in [1.29, 1.82) is 0 Å². The van der Waals surface area contributed by atoms with Gasteiger partial charge in [-0.2, -0.15) is 0 Å². The number of carbonyl (C=O) groups excluding carboxylic acids is 2. The molecule has 0 aromatic heterocycles. The van der Waals surface area contributed by atoms with Crippen molar-refractivity contribution in [3.63, 3.8) is 0 Å². The molecule has 5 nitrogen and oxygen atoms in total. The van der Waals surface area contributed by atoms with Crippen LogP contribution in [0.25, 0.3) is 11.1 Å². The van der Waals surface area contributed by atoms with Gasteiger partial charge in [0.15, 0.2) is 5.72 Å². The maximum atomic E-state index is 13.1. The molecular weight excluding hydrogens is 354 g/mol. The van der Waals surface area contributed by atoms with Crippen LogP contribution in [0.2, 0.25) is 0 Å². The normalized spacial score (nSPS) is 17.4. The molecule has 0 unspecified atom stereocenters. The summed E-state index contributed by atoms with van der Waals surface area (Å²) in [6.45, 7) is 1.41. The van der Waals surface area contributed by atoms with Crippen molar-refractivity contribution in [3.8, 4) is 11.1 Å². The summed E-state index contributed by atoms with van der Waals surface area (Å²) >= 11 is 0. The largest absolute Gasteiger partial charge is 0.453 e. The Balaban J connectivity index is 1.91. The van der Waals surface area contributed by atoms with Gasteiger partial charge in [0.2, 0.25) is 0 Å². The van der Waals surface area contributed by atoms with Crippen molar-refractivity contribution < 1.29 is 19.1 Å². The second-order valence-electron chi connectivity index (χ2n) is 7.52. The summed E-state index contributed by atoms with van der Waals surface area (Å²) in [7, 11) is 1.38. The number of fused-ring (bicyclic) bond motifs is 3. The number of nitrogens with zero attached hydrogens (tertiary/aromatic N) is 1. The molecule has 0 spiro atoms. The van der Waals surface area contributed by atoms with Gasteiger partial charge < -0.3 is 9.47 Å². The van der Waals surface area contributed by atoms with E-state index in [1.54, 1.807) is 4.90 Å². The van der Waals surface area contributed by atoms with Crippen LogP contribution in [0.15, 0.2) is 48.5 Å². The average Bonchev–Trinajstić information content (AvgIpc) is 3.03. The number of benzene rings is 2. The van der Waals surface area contributed by atoms with E-state index in [-0.39, 0.29) is 12.0 Å². The fourth-order valence-electron chi connectivity index (χ4n) is 4.78. The SMILES string of the molecule is COC(=O)N(C1c2ccccc2-c2ccccc21)C1(OC(C)=O)CCCCC1. The molecule has 0 bridgehead atoms. The van der Waals surface area contributed by atoms with Crippen LogP contribution >= 0.6 is 0 Å². The minimum absolute atomic E-state index is 0.350. The van der Waals surface area contributed by atoms with Crippen molar-refractivity contribution in [2.24, 2.45) is 0 Å². The number of amides is 1. The zero-order chi connectivity index (χ0) is 19.7. The minimum Gasteiger partial charge on any atom is -0.453 e. The Kier molecular flexibility index (Phi) is 4.84. The second kappa shape index (κ2) is 7.30. The highest BCUT2D eigenvalue weighted by molar-refractivity contribution is 5.81. The lowest BCUT2D eigenvalue weighted by Crippen LogP contribution is -2.56. The Morgan fingerprint density at radius 2 is 1.46 bits per heavy atom. The number of hydrogen-bond acceptors (Lipinski definition) is 4. The molecule has 28 heavy (non-hydrogen) atoms. The highest BCUT2D eigenvalue weighted by Crippen LogP contribution is 2.50. The van der Waals surface area contributed by atoms with E-state index in [2.05, 4.69) is 12.1 Å². The van der Waals surface area contributed by atoms with Gasteiger partial charge >= 0.3 is 12.1 Å². The van der Waals surface area contributed by atoms with Gasteiger partial charge in [-0.25, -0.2) is 4.79 Å². The molecule has 5 heteroatoms. The van der Waals surface area contributed by atoms with Crippen molar-refractivity contribution in [2.45, 2.75) is 50.8 Å². The molecule has 1 fully saturated rings. The Morgan fingerprint density at radius 1 is 0.929 bits per heavy atom. The van der Waals surface area contributed by atoms with E-state index >= 15 is 0 Å². The molecule has 2 aliphatic rings. The predicted molar refractivity (Wildman–Crippen MR) is 106 cm³/mol. The lowest BCUT2D eigenvalue weighted by Gasteiger charge is -2.47. The van der Waals surface area contributed by atoms with E-state index in [1.165, 1.54) is 14.0 Å². The van der Waals surface area contributed by atoms with Gasteiger partial charge in [-0.3, -0.25) is 9.69 Å². The molecule has 1 saturated carbocycles. The van der Waals surface area contributed by atoms with E-state index in [9.17, 15) is 9.59 Å². The van der Waals surface area contributed by atoms with Crippen LogP contribution in [0.3, 0.4) is 0 Å². The maximum Gasteiger partial charge on any atom is 0.413 e. The molecule has 2 aliphatic carbocycles. The summed E-state index contributed by atoms with van der Waals surface area (Å²) in [5.74, 6) is -0.379. The van der Waals surface area contributed by atoms with Crippen molar-refractivity contribution in [2.75, 3.05) is 7.11 Å². The van der Waals surface area contributed by atoms with Gasteiger partial charge in [0.05, 0.1) is 13.2 Å². The van der Waals surface area contributed by atoms with Gasteiger partial charge in [0.1, 0.15) is 0 Å². The van der Waals surface area contributed by atoms with E-state index < -0.39 is 11.8 Å². The highest BCUT2D eigenvalue weighted by atomic mass is 16.6. The summed E-state index contributed by atoms with van der Waals surface area (Å²) in [5.41, 5.74) is 3.28. The van der Waals surface area contributed by atoms with Crippen LogP contribution in [-0.2, 0) is 14.3 Å². The Labute approximate surface area is 165 Å². The first-order valence-corrected chi connectivity index (χ1v) is 9.82. The summed E-state index contributed by atoms with van der Waals surface area (Å²) in [6.07, 6.45) is 3.62. The fourth-order valence-corrected chi connectivity index (χ4v) is 4.78. The Bertz CT molecular complexity index is 855. The highest BCUT2D eigenvalue weighted by Gasteiger charge is 2.50. The third-order valence-corrected chi connectivity index (χ3v) is 5.84. The molecule has 0 heterocycles. The number of rotatable bonds is 3. The molecule has 2 aromatic rings. The van der Waals surface area contributed by atoms with Crippen LogP contribution in [-0.4, -0.2) is 29.8 Å². The lowest BCUT2D eigenvalue weighted by atomic mass is 9.87. The fraction of sp³-hybridized carbons (Fsp3) is 0.391. The molecule has 0 atom stereocenters. The van der Waals surface area contributed by atoms with Crippen LogP contribution in [0.5, 0.6) is 0 Å². The number of esters is 1. The maximum absolute atomic E-state index is 13.1. The minimum atomic E-state index is -0.994. The van der Waals surface area contributed by atoms with Gasteiger partial charge in [0.25, 0.3) is 0 Å². The Hall–Kier alpha value is -2.82. The van der Waals surface area contributed by atoms with Crippen LogP contribution in [0, 0.1) is 0 Å². The third-order valence-electron chi connectivity index (χ3n) is 5.84. The molecule has 1 amide bonds.